The number of thiazole rings is 1. The van der Waals surface area contributed by atoms with Crippen LogP contribution in [0.3, 0.4) is 0 Å². The van der Waals surface area contributed by atoms with Gasteiger partial charge >= 0.3 is 0 Å². The first-order valence-corrected chi connectivity index (χ1v) is 11.0. The summed E-state index contributed by atoms with van der Waals surface area (Å²) >= 11 is 1.65. The number of nitrogens with zero attached hydrogens (tertiary/aromatic N) is 2. The van der Waals surface area contributed by atoms with E-state index >= 15 is 0 Å². The summed E-state index contributed by atoms with van der Waals surface area (Å²) in [5.74, 6) is 1.83. The molecule has 1 amide bonds. The Labute approximate surface area is 174 Å². The van der Waals surface area contributed by atoms with Gasteiger partial charge in [-0.15, -0.1) is 0 Å². The minimum Gasteiger partial charge on any atom is -0.456 e. The zero-order valence-corrected chi connectivity index (χ0v) is 17.6. The number of pyridine rings is 1. The van der Waals surface area contributed by atoms with Crippen molar-refractivity contribution in [3.05, 3.63) is 42.2 Å². The monoisotopic (exact) mass is 410 g/mol. The molecule has 1 aliphatic carbocycles. The molecule has 2 aromatic heterocycles. The quantitative estimate of drug-likeness (QED) is 0.582. The van der Waals surface area contributed by atoms with Gasteiger partial charge in [0.25, 0.3) is 5.91 Å². The number of nitrogens with one attached hydrogen (secondary N) is 2. The molecule has 0 saturated heterocycles. The van der Waals surface area contributed by atoms with Crippen LogP contribution in [0.25, 0.3) is 10.2 Å². The SMILES string of the molecule is CNC(=O)c1ccc(Oc2ccc3nc(NC(C)C4CCCCC4)sc3c2)cn1. The van der Waals surface area contributed by atoms with E-state index in [0.717, 1.165) is 27.0 Å². The van der Waals surface area contributed by atoms with E-state index in [4.69, 9.17) is 9.72 Å². The smallest absolute Gasteiger partial charge is 0.269 e. The van der Waals surface area contributed by atoms with Crippen LogP contribution in [-0.4, -0.2) is 29.0 Å². The molecule has 7 heteroatoms. The lowest BCUT2D eigenvalue weighted by Crippen LogP contribution is -2.27. The van der Waals surface area contributed by atoms with Crippen LogP contribution in [0.4, 0.5) is 5.13 Å². The van der Waals surface area contributed by atoms with Gasteiger partial charge in [-0.2, -0.15) is 0 Å². The molecule has 1 saturated carbocycles. The average Bonchev–Trinajstić information content (AvgIpc) is 3.15. The van der Waals surface area contributed by atoms with Crippen LogP contribution in [0.2, 0.25) is 0 Å². The molecule has 1 aromatic carbocycles. The highest BCUT2D eigenvalue weighted by atomic mass is 32.1. The Morgan fingerprint density at radius 3 is 2.69 bits per heavy atom. The number of hydrogen-bond donors (Lipinski definition) is 2. The second-order valence-corrected chi connectivity index (χ2v) is 8.57. The normalized spacial score (nSPS) is 15.8. The zero-order valence-electron chi connectivity index (χ0n) is 16.8. The van der Waals surface area contributed by atoms with Crippen molar-refractivity contribution in [3.63, 3.8) is 0 Å². The molecule has 152 valence electrons. The topological polar surface area (TPSA) is 76.1 Å². The Hall–Kier alpha value is -2.67. The second kappa shape index (κ2) is 8.78. The van der Waals surface area contributed by atoms with Crippen molar-refractivity contribution in [2.24, 2.45) is 5.92 Å². The number of ether oxygens (including phenoxy) is 1. The predicted molar refractivity (Wildman–Crippen MR) is 117 cm³/mol. The standard InChI is InChI=1S/C22H26N4O2S/c1-14(15-6-4-3-5-7-15)25-22-26-18-10-8-16(12-20(18)29-22)28-17-9-11-19(24-13-17)21(27)23-2/h8-15H,3-7H2,1-2H3,(H,23,27)(H,25,26). The van der Waals surface area contributed by atoms with Crippen LogP contribution in [0, 0.1) is 5.92 Å². The van der Waals surface area contributed by atoms with Gasteiger partial charge < -0.3 is 15.4 Å². The Balaban J connectivity index is 1.44. The van der Waals surface area contributed by atoms with Gasteiger partial charge in [0, 0.05) is 19.2 Å². The number of carbonyl (C=O) groups is 1. The van der Waals surface area contributed by atoms with Crippen molar-refractivity contribution < 1.29 is 9.53 Å². The number of hydrogen-bond acceptors (Lipinski definition) is 6. The maximum absolute atomic E-state index is 11.6. The maximum atomic E-state index is 11.6. The highest BCUT2D eigenvalue weighted by Gasteiger charge is 2.20. The molecular formula is C22H26N4O2S. The molecule has 6 nitrogen and oxygen atoms in total. The first-order valence-electron chi connectivity index (χ1n) is 10.2. The lowest BCUT2D eigenvalue weighted by Gasteiger charge is -2.28. The highest BCUT2D eigenvalue weighted by Crippen LogP contribution is 2.33. The summed E-state index contributed by atoms with van der Waals surface area (Å²) in [5.41, 5.74) is 1.33. The molecule has 0 spiro atoms. The number of benzene rings is 1. The van der Waals surface area contributed by atoms with E-state index in [1.165, 1.54) is 32.1 Å². The molecule has 0 radical (unpaired) electrons. The fourth-order valence-electron chi connectivity index (χ4n) is 3.82. The minimum absolute atomic E-state index is 0.217. The first kappa shape index (κ1) is 19.6. The van der Waals surface area contributed by atoms with Crippen molar-refractivity contribution in [1.82, 2.24) is 15.3 Å². The van der Waals surface area contributed by atoms with Crippen molar-refractivity contribution in [3.8, 4) is 11.5 Å². The summed E-state index contributed by atoms with van der Waals surface area (Å²) in [6.07, 6.45) is 8.23. The third kappa shape index (κ3) is 4.67. The van der Waals surface area contributed by atoms with E-state index in [0.29, 0.717) is 17.5 Å². The van der Waals surface area contributed by atoms with Crippen molar-refractivity contribution in [2.45, 2.75) is 45.1 Å². The van der Waals surface area contributed by atoms with Crippen molar-refractivity contribution >= 4 is 32.6 Å². The van der Waals surface area contributed by atoms with Gasteiger partial charge in [0.05, 0.1) is 16.4 Å². The summed E-state index contributed by atoms with van der Waals surface area (Å²) in [5, 5.41) is 7.13. The van der Waals surface area contributed by atoms with Crippen LogP contribution in [0.15, 0.2) is 36.5 Å². The Bertz CT molecular complexity index is 980. The number of amides is 1. The molecule has 2 N–H and O–H groups in total. The molecule has 3 aromatic rings. The highest BCUT2D eigenvalue weighted by molar-refractivity contribution is 7.22. The van der Waals surface area contributed by atoms with E-state index < -0.39 is 0 Å². The second-order valence-electron chi connectivity index (χ2n) is 7.54. The third-order valence-corrected chi connectivity index (χ3v) is 6.45. The molecule has 29 heavy (non-hydrogen) atoms. The van der Waals surface area contributed by atoms with Crippen LogP contribution in [0.5, 0.6) is 11.5 Å². The van der Waals surface area contributed by atoms with Gasteiger partial charge in [0.2, 0.25) is 0 Å². The van der Waals surface area contributed by atoms with E-state index in [-0.39, 0.29) is 5.91 Å². The number of aromatic nitrogens is 2. The summed E-state index contributed by atoms with van der Waals surface area (Å²) in [6.45, 7) is 2.27. The molecule has 1 aliphatic rings. The average molecular weight is 411 g/mol. The minimum atomic E-state index is -0.217. The van der Waals surface area contributed by atoms with Gasteiger partial charge in [-0.3, -0.25) is 4.79 Å². The van der Waals surface area contributed by atoms with E-state index in [2.05, 4.69) is 22.5 Å². The Morgan fingerprint density at radius 2 is 1.97 bits per heavy atom. The lowest BCUT2D eigenvalue weighted by molar-refractivity contribution is 0.0958. The summed E-state index contributed by atoms with van der Waals surface area (Å²) < 4.78 is 6.98. The molecule has 4 rings (SSSR count). The molecule has 1 unspecified atom stereocenters. The van der Waals surface area contributed by atoms with E-state index in [1.54, 1.807) is 36.7 Å². The number of anilines is 1. The first-order chi connectivity index (χ1) is 14.1. The summed E-state index contributed by atoms with van der Waals surface area (Å²) in [7, 11) is 1.58. The van der Waals surface area contributed by atoms with E-state index in [9.17, 15) is 4.79 Å². The van der Waals surface area contributed by atoms with Crippen molar-refractivity contribution in [1.29, 1.82) is 0 Å². The number of rotatable bonds is 6. The molecular weight excluding hydrogens is 384 g/mol. The van der Waals surface area contributed by atoms with Gasteiger partial charge in [-0.1, -0.05) is 30.6 Å². The van der Waals surface area contributed by atoms with Crippen LogP contribution >= 0.6 is 11.3 Å². The molecule has 0 bridgehead atoms. The predicted octanol–water partition coefficient (Wildman–Crippen LogP) is 5.22. The molecule has 0 aliphatic heterocycles. The fourth-order valence-corrected chi connectivity index (χ4v) is 4.81. The molecule has 1 fully saturated rings. The fraction of sp³-hybridized carbons (Fsp3) is 0.409. The summed E-state index contributed by atoms with van der Waals surface area (Å²) in [4.78, 5) is 20.4. The van der Waals surface area contributed by atoms with Gasteiger partial charge in [-0.05, 0) is 49.9 Å². The van der Waals surface area contributed by atoms with Crippen molar-refractivity contribution in [2.75, 3.05) is 12.4 Å². The third-order valence-electron chi connectivity index (χ3n) is 5.50. The van der Waals surface area contributed by atoms with Gasteiger partial charge in [-0.25, -0.2) is 9.97 Å². The van der Waals surface area contributed by atoms with Gasteiger partial charge in [0.1, 0.15) is 17.2 Å². The molecule has 1 atom stereocenters. The van der Waals surface area contributed by atoms with Crippen LogP contribution in [0.1, 0.15) is 49.5 Å². The van der Waals surface area contributed by atoms with Gasteiger partial charge in [0.15, 0.2) is 5.13 Å². The lowest BCUT2D eigenvalue weighted by atomic mass is 9.85. The number of fused-ring (bicyclic) bond motifs is 1. The van der Waals surface area contributed by atoms with Crippen LogP contribution in [-0.2, 0) is 0 Å². The summed E-state index contributed by atoms with van der Waals surface area (Å²) in [6, 6.07) is 9.71. The van der Waals surface area contributed by atoms with Crippen LogP contribution < -0.4 is 15.4 Å². The Morgan fingerprint density at radius 1 is 1.17 bits per heavy atom. The van der Waals surface area contributed by atoms with E-state index in [1.807, 2.05) is 18.2 Å². The zero-order chi connectivity index (χ0) is 20.2. The Kier molecular flexibility index (Phi) is 5.94. The molecule has 2 heterocycles. The maximum Gasteiger partial charge on any atom is 0.269 e. The number of carbonyl (C=O) groups excluding carboxylic acids is 1. The largest absolute Gasteiger partial charge is 0.456 e.